The van der Waals surface area contributed by atoms with E-state index in [1.807, 2.05) is 0 Å². The smallest absolute Gasteiger partial charge is 0.223 e. The van der Waals surface area contributed by atoms with Crippen molar-refractivity contribution < 1.29 is 4.79 Å². The van der Waals surface area contributed by atoms with Crippen molar-refractivity contribution in [3.8, 4) is 0 Å². The van der Waals surface area contributed by atoms with Crippen LogP contribution in [0.2, 0.25) is 0 Å². The highest BCUT2D eigenvalue weighted by Gasteiger charge is 2.87. The van der Waals surface area contributed by atoms with Crippen molar-refractivity contribution in [3.05, 3.63) is 0 Å². The number of carbonyl (C=O) groups excluding carboxylic acids is 1. The first-order chi connectivity index (χ1) is 8.36. The van der Waals surface area contributed by atoms with E-state index in [1.165, 1.54) is 12.8 Å². The number of carbonyl (C=O) groups is 1. The van der Waals surface area contributed by atoms with Crippen LogP contribution in [0.15, 0.2) is 0 Å². The first-order valence-electron chi connectivity index (χ1n) is 7.64. The average molecular weight is 229 g/mol. The van der Waals surface area contributed by atoms with E-state index in [4.69, 9.17) is 0 Å². The highest BCUT2D eigenvalue weighted by Crippen LogP contribution is 2.89. The van der Waals surface area contributed by atoms with Crippen molar-refractivity contribution in [2.75, 3.05) is 6.54 Å². The van der Waals surface area contributed by atoms with E-state index in [-0.39, 0.29) is 0 Å². The quantitative estimate of drug-likeness (QED) is 0.781. The minimum atomic E-state index is 0.431. The van der Waals surface area contributed by atoms with Crippen LogP contribution in [0.4, 0.5) is 0 Å². The van der Waals surface area contributed by atoms with Crippen molar-refractivity contribution in [2.45, 2.75) is 19.3 Å². The van der Waals surface area contributed by atoms with Crippen LogP contribution in [0, 0.1) is 59.2 Å². The molecule has 7 aliphatic rings. The third-order valence-electron chi connectivity index (χ3n) is 7.30. The zero-order valence-corrected chi connectivity index (χ0v) is 10.0. The van der Waals surface area contributed by atoms with E-state index in [0.717, 1.165) is 59.8 Å². The predicted molar refractivity (Wildman–Crippen MR) is 61.8 cm³/mol. The number of amides is 1. The van der Waals surface area contributed by atoms with Crippen molar-refractivity contribution in [1.29, 1.82) is 0 Å². The molecule has 90 valence electrons. The van der Waals surface area contributed by atoms with Crippen molar-refractivity contribution in [2.24, 2.45) is 59.2 Å². The molecule has 3 unspecified atom stereocenters. The molecule has 0 spiro atoms. The lowest BCUT2D eigenvalue weighted by molar-refractivity contribution is -0.123. The number of hydrogen-bond acceptors (Lipinski definition) is 1. The summed E-state index contributed by atoms with van der Waals surface area (Å²) in [6, 6.07) is 0. The largest absolute Gasteiger partial charge is 0.356 e. The van der Waals surface area contributed by atoms with Crippen LogP contribution < -0.4 is 5.32 Å². The molecule has 0 aromatic rings. The molecule has 17 heavy (non-hydrogen) atoms. The number of rotatable bonds is 3. The molecule has 0 saturated heterocycles. The van der Waals surface area contributed by atoms with Gasteiger partial charge in [-0.25, -0.2) is 0 Å². The van der Waals surface area contributed by atoms with Crippen molar-refractivity contribution in [1.82, 2.24) is 5.32 Å². The Balaban J connectivity index is 1.22. The molecule has 2 nitrogen and oxygen atoms in total. The van der Waals surface area contributed by atoms with Gasteiger partial charge in [-0.2, -0.15) is 0 Å². The lowest BCUT2D eigenvalue weighted by atomic mass is 9.91. The van der Waals surface area contributed by atoms with Gasteiger partial charge in [-0.05, 0) is 72.5 Å². The molecule has 9 atom stereocenters. The Kier molecular flexibility index (Phi) is 1.16. The van der Waals surface area contributed by atoms with E-state index in [0.29, 0.717) is 11.8 Å². The van der Waals surface area contributed by atoms with Crippen LogP contribution >= 0.6 is 0 Å². The van der Waals surface area contributed by atoms with Gasteiger partial charge in [0.05, 0.1) is 0 Å². The second-order valence-electron chi connectivity index (χ2n) is 7.74. The summed E-state index contributed by atoms with van der Waals surface area (Å²) in [5.41, 5.74) is 0. The molecule has 7 fully saturated rings. The molecular formula is C15H19NO. The van der Waals surface area contributed by atoms with Gasteiger partial charge in [-0.3, -0.25) is 4.79 Å². The van der Waals surface area contributed by atoms with Crippen LogP contribution in [0.25, 0.3) is 0 Å². The average Bonchev–Trinajstić information content (AvgIpc) is 3.28. The van der Waals surface area contributed by atoms with E-state index < -0.39 is 0 Å². The fourth-order valence-electron chi connectivity index (χ4n) is 6.75. The SMILES string of the molecule is O=C(NCC1CC1)C1[C@@H]2[C@H]3C4CC5[C@@H]3[C@H]5[C@@H]4[C@H]12. The molecular weight excluding hydrogens is 210 g/mol. The van der Waals surface area contributed by atoms with Gasteiger partial charge >= 0.3 is 0 Å². The van der Waals surface area contributed by atoms with Gasteiger partial charge in [-0.15, -0.1) is 0 Å². The van der Waals surface area contributed by atoms with Crippen LogP contribution in [0.1, 0.15) is 19.3 Å². The predicted octanol–water partition coefficient (Wildman–Crippen LogP) is 1.52. The molecule has 0 heterocycles. The summed E-state index contributed by atoms with van der Waals surface area (Å²) in [5.74, 6) is 9.86. The Morgan fingerprint density at radius 2 is 1.53 bits per heavy atom. The number of hydrogen-bond donors (Lipinski definition) is 1. The van der Waals surface area contributed by atoms with Gasteiger partial charge in [0.15, 0.2) is 0 Å². The standard InChI is InChI=1S/C15H19NO/c17-15(16-4-5-1-2-5)14-12-10-7-3-6-8(10)9(6)11(7)13(12)14/h5-14H,1-4H2,(H,16,17)/t6?,7?,8-,9+,10+,11-,12-,13+,14?. The summed E-state index contributed by atoms with van der Waals surface area (Å²) in [5, 5.41) is 3.22. The second-order valence-corrected chi connectivity index (χ2v) is 7.74. The Morgan fingerprint density at radius 3 is 2.06 bits per heavy atom. The Morgan fingerprint density at radius 1 is 0.941 bits per heavy atom. The molecule has 1 amide bonds. The summed E-state index contributed by atoms with van der Waals surface area (Å²) in [4.78, 5) is 12.2. The topological polar surface area (TPSA) is 29.1 Å². The molecule has 7 saturated carbocycles. The summed E-state index contributed by atoms with van der Waals surface area (Å²) in [6.45, 7) is 0.975. The Bertz CT molecular complexity index is 418. The first-order valence-corrected chi connectivity index (χ1v) is 7.64. The molecule has 0 aliphatic heterocycles. The van der Waals surface area contributed by atoms with Gasteiger partial charge in [0.2, 0.25) is 5.91 Å². The number of nitrogens with one attached hydrogen (secondary N) is 1. The normalized spacial score (nSPS) is 66.9. The molecule has 6 bridgehead atoms. The van der Waals surface area contributed by atoms with E-state index in [1.54, 1.807) is 6.42 Å². The first kappa shape index (κ1) is 8.55. The van der Waals surface area contributed by atoms with Crippen molar-refractivity contribution >= 4 is 5.91 Å². The van der Waals surface area contributed by atoms with Gasteiger partial charge in [-0.1, -0.05) is 0 Å². The summed E-state index contributed by atoms with van der Waals surface area (Å²) in [7, 11) is 0. The van der Waals surface area contributed by atoms with Gasteiger partial charge < -0.3 is 5.32 Å². The van der Waals surface area contributed by atoms with Gasteiger partial charge in [0.25, 0.3) is 0 Å². The maximum atomic E-state index is 12.2. The second kappa shape index (κ2) is 2.31. The van der Waals surface area contributed by atoms with Crippen LogP contribution in [0.3, 0.4) is 0 Å². The van der Waals surface area contributed by atoms with Crippen molar-refractivity contribution in [3.63, 3.8) is 0 Å². The molecule has 0 aromatic carbocycles. The zero-order chi connectivity index (χ0) is 10.9. The lowest BCUT2D eigenvalue weighted by Gasteiger charge is -2.16. The highest BCUT2D eigenvalue weighted by atomic mass is 16.2. The fourth-order valence-corrected chi connectivity index (χ4v) is 6.75. The molecule has 7 aliphatic carbocycles. The third-order valence-corrected chi connectivity index (χ3v) is 7.30. The van der Waals surface area contributed by atoms with E-state index in [9.17, 15) is 4.79 Å². The minimum absolute atomic E-state index is 0.431. The number of fused-ring (bicyclic) bond motifs is 1. The zero-order valence-electron chi connectivity index (χ0n) is 10.0. The minimum Gasteiger partial charge on any atom is -0.356 e. The molecule has 1 N–H and O–H groups in total. The summed E-state index contributed by atoms with van der Waals surface area (Å²) >= 11 is 0. The molecule has 0 aromatic heterocycles. The molecule has 0 radical (unpaired) electrons. The van der Waals surface area contributed by atoms with E-state index >= 15 is 0 Å². The Labute approximate surface area is 102 Å². The molecule has 2 heteroatoms. The maximum absolute atomic E-state index is 12.2. The lowest BCUT2D eigenvalue weighted by Crippen LogP contribution is -2.30. The molecule has 7 rings (SSSR count). The highest BCUT2D eigenvalue weighted by molar-refractivity contribution is 5.83. The van der Waals surface area contributed by atoms with Gasteiger partial charge in [0.1, 0.15) is 0 Å². The van der Waals surface area contributed by atoms with Crippen LogP contribution in [0.5, 0.6) is 0 Å². The third kappa shape index (κ3) is 0.794. The van der Waals surface area contributed by atoms with Crippen LogP contribution in [-0.2, 0) is 4.79 Å². The fraction of sp³-hybridized carbons (Fsp3) is 0.933. The maximum Gasteiger partial charge on any atom is 0.223 e. The monoisotopic (exact) mass is 229 g/mol. The Hall–Kier alpha value is -0.530. The summed E-state index contributed by atoms with van der Waals surface area (Å²) in [6.07, 6.45) is 4.24. The van der Waals surface area contributed by atoms with Gasteiger partial charge in [0, 0.05) is 12.5 Å². The van der Waals surface area contributed by atoms with E-state index in [2.05, 4.69) is 5.32 Å². The summed E-state index contributed by atoms with van der Waals surface area (Å²) < 4.78 is 0. The van der Waals surface area contributed by atoms with Crippen LogP contribution in [-0.4, -0.2) is 12.5 Å².